The lowest BCUT2D eigenvalue weighted by atomic mass is 10.1. The molecule has 0 saturated carbocycles. The van der Waals surface area contributed by atoms with Crippen molar-refractivity contribution < 1.29 is 8.42 Å². The lowest BCUT2D eigenvalue weighted by molar-refractivity contribution is 0.581. The van der Waals surface area contributed by atoms with Gasteiger partial charge in [0.15, 0.2) is 0 Å². The van der Waals surface area contributed by atoms with Gasteiger partial charge in [-0.25, -0.2) is 12.4 Å². The van der Waals surface area contributed by atoms with Crippen molar-refractivity contribution in [2.75, 3.05) is 7.05 Å². The van der Waals surface area contributed by atoms with E-state index in [1.807, 2.05) is 25.2 Å². The molecular weight excluding hydrogens is 453 g/mol. The first-order chi connectivity index (χ1) is 13.0. The van der Waals surface area contributed by atoms with Crippen LogP contribution in [0.15, 0.2) is 73.7 Å². The Morgan fingerprint density at radius 2 is 1.97 bits per heavy atom. The van der Waals surface area contributed by atoms with E-state index in [2.05, 4.69) is 16.9 Å². The van der Waals surface area contributed by atoms with Crippen LogP contribution in [0.25, 0.3) is 11.3 Å². The molecule has 0 amide bonds. The summed E-state index contributed by atoms with van der Waals surface area (Å²) in [6, 6.07) is 12.4. The van der Waals surface area contributed by atoms with E-state index < -0.39 is 15.3 Å². The first-order valence-electron chi connectivity index (χ1n) is 8.36. The van der Waals surface area contributed by atoms with Crippen molar-refractivity contribution in [1.82, 2.24) is 14.3 Å². The molecule has 1 aromatic carbocycles. The van der Waals surface area contributed by atoms with Crippen LogP contribution in [0.5, 0.6) is 0 Å². The van der Waals surface area contributed by atoms with Gasteiger partial charge in [-0.3, -0.25) is 4.98 Å². The van der Waals surface area contributed by atoms with Gasteiger partial charge in [0, 0.05) is 35.7 Å². The third-order valence-corrected chi connectivity index (χ3v) is 6.48. The van der Waals surface area contributed by atoms with Crippen LogP contribution in [-0.2, 0) is 16.6 Å². The van der Waals surface area contributed by atoms with Crippen molar-refractivity contribution in [3.8, 4) is 11.3 Å². The standard InChI is InChI=1S/C20H20ClN3O2S.2ClH/c1-3-20(16-7-6-10-23-13-16)27(25,26)24-14-15(12-22-2)11-19(24)17-8-4-5-9-18(17)21;;/h3-11,13-14,20,22H,1,12H2,2H3;2*1H. The number of hydrogen-bond acceptors (Lipinski definition) is 4. The summed E-state index contributed by atoms with van der Waals surface area (Å²) in [5.74, 6) is 0. The number of pyridine rings is 1. The Morgan fingerprint density at radius 1 is 1.24 bits per heavy atom. The second-order valence-corrected chi connectivity index (χ2v) is 8.37. The monoisotopic (exact) mass is 473 g/mol. The molecule has 2 aromatic heterocycles. The van der Waals surface area contributed by atoms with Crippen molar-refractivity contribution in [2.45, 2.75) is 11.8 Å². The highest BCUT2D eigenvalue weighted by molar-refractivity contribution is 7.90. The van der Waals surface area contributed by atoms with Gasteiger partial charge in [0.2, 0.25) is 10.0 Å². The molecule has 1 N–H and O–H groups in total. The molecule has 156 valence electrons. The minimum Gasteiger partial charge on any atom is -0.316 e. The van der Waals surface area contributed by atoms with Gasteiger partial charge in [0.1, 0.15) is 5.25 Å². The molecule has 29 heavy (non-hydrogen) atoms. The summed E-state index contributed by atoms with van der Waals surface area (Å²) in [7, 11) is -2.02. The Kier molecular flexibility index (Phi) is 9.39. The van der Waals surface area contributed by atoms with E-state index in [9.17, 15) is 8.42 Å². The summed E-state index contributed by atoms with van der Waals surface area (Å²) in [5.41, 5.74) is 2.56. The van der Waals surface area contributed by atoms with E-state index in [1.165, 1.54) is 16.2 Å². The van der Waals surface area contributed by atoms with Crippen LogP contribution in [-0.4, -0.2) is 24.4 Å². The summed E-state index contributed by atoms with van der Waals surface area (Å²) in [6.45, 7) is 4.27. The largest absolute Gasteiger partial charge is 0.316 e. The second kappa shape index (κ2) is 10.8. The molecule has 0 fully saturated rings. The van der Waals surface area contributed by atoms with Gasteiger partial charge in [-0.15, -0.1) is 31.4 Å². The van der Waals surface area contributed by atoms with E-state index >= 15 is 0 Å². The zero-order valence-electron chi connectivity index (χ0n) is 15.7. The summed E-state index contributed by atoms with van der Waals surface area (Å²) < 4.78 is 28.3. The minimum absolute atomic E-state index is 0. The van der Waals surface area contributed by atoms with Crippen LogP contribution in [0.3, 0.4) is 0 Å². The smallest absolute Gasteiger partial charge is 0.249 e. The number of rotatable bonds is 7. The summed E-state index contributed by atoms with van der Waals surface area (Å²) >= 11 is 6.34. The number of aromatic nitrogens is 2. The highest BCUT2D eigenvalue weighted by Crippen LogP contribution is 2.34. The molecule has 3 aromatic rings. The Balaban J connectivity index is 0.00000210. The van der Waals surface area contributed by atoms with Gasteiger partial charge in [0.25, 0.3) is 0 Å². The molecule has 9 heteroatoms. The number of nitrogens with zero attached hydrogens (tertiary/aromatic N) is 2. The van der Waals surface area contributed by atoms with E-state index in [0.29, 0.717) is 28.4 Å². The van der Waals surface area contributed by atoms with Crippen molar-refractivity contribution >= 4 is 46.4 Å². The van der Waals surface area contributed by atoms with E-state index in [0.717, 1.165) is 5.56 Å². The third kappa shape index (κ3) is 5.21. The fourth-order valence-electron chi connectivity index (χ4n) is 2.97. The molecule has 0 aliphatic carbocycles. The van der Waals surface area contributed by atoms with Crippen LogP contribution in [0.4, 0.5) is 0 Å². The molecule has 1 unspecified atom stereocenters. The highest BCUT2D eigenvalue weighted by atomic mass is 35.5. The molecule has 1 atom stereocenters. The van der Waals surface area contributed by atoms with Gasteiger partial charge < -0.3 is 5.32 Å². The minimum atomic E-state index is -3.83. The predicted octanol–water partition coefficient (Wildman–Crippen LogP) is 4.87. The van der Waals surface area contributed by atoms with Gasteiger partial charge in [-0.2, -0.15) is 0 Å². The lowest BCUT2D eigenvalue weighted by Crippen LogP contribution is -2.20. The van der Waals surface area contributed by atoms with Gasteiger partial charge in [-0.05, 0) is 36.4 Å². The van der Waals surface area contributed by atoms with Crippen LogP contribution >= 0.6 is 36.4 Å². The molecule has 2 heterocycles. The zero-order chi connectivity index (χ0) is 19.4. The fraction of sp³-hybridized carbons (Fsp3) is 0.150. The molecule has 0 aliphatic rings. The summed E-state index contributed by atoms with van der Waals surface area (Å²) in [5, 5.41) is 2.60. The molecule has 0 saturated heterocycles. The Bertz CT molecular complexity index is 1050. The maximum Gasteiger partial charge on any atom is 0.249 e. The van der Waals surface area contributed by atoms with Crippen molar-refractivity contribution in [2.24, 2.45) is 0 Å². The first-order valence-corrected chi connectivity index (χ1v) is 10.2. The van der Waals surface area contributed by atoms with E-state index in [1.54, 1.807) is 36.7 Å². The Morgan fingerprint density at radius 3 is 2.55 bits per heavy atom. The molecule has 0 radical (unpaired) electrons. The fourth-order valence-corrected chi connectivity index (χ4v) is 4.88. The Labute approximate surface area is 188 Å². The van der Waals surface area contributed by atoms with Crippen LogP contribution < -0.4 is 5.32 Å². The molecule has 0 aliphatic heterocycles. The van der Waals surface area contributed by atoms with Crippen LogP contribution in [0.1, 0.15) is 16.4 Å². The van der Waals surface area contributed by atoms with Crippen LogP contribution in [0.2, 0.25) is 5.02 Å². The summed E-state index contributed by atoms with van der Waals surface area (Å²) in [4.78, 5) is 4.04. The first kappa shape index (κ1) is 25.2. The lowest BCUT2D eigenvalue weighted by Gasteiger charge is -2.17. The SMILES string of the molecule is C=CC(c1cccnc1)S(=O)(=O)n1cc(CNC)cc1-c1ccccc1Cl.Cl.Cl. The van der Waals surface area contributed by atoms with Crippen molar-refractivity contribution in [3.63, 3.8) is 0 Å². The average Bonchev–Trinajstić information content (AvgIpc) is 3.08. The molecule has 5 nitrogen and oxygen atoms in total. The highest BCUT2D eigenvalue weighted by Gasteiger charge is 2.29. The molecular formula is C20H22Cl3N3O2S. The van der Waals surface area contributed by atoms with Crippen molar-refractivity contribution in [3.05, 3.63) is 89.9 Å². The zero-order valence-corrected chi connectivity index (χ0v) is 18.9. The topological polar surface area (TPSA) is 64.0 Å². The maximum absolute atomic E-state index is 13.5. The van der Waals surface area contributed by atoms with E-state index in [-0.39, 0.29) is 24.8 Å². The van der Waals surface area contributed by atoms with E-state index in [4.69, 9.17) is 11.6 Å². The quantitative estimate of drug-likeness (QED) is 0.496. The number of halogens is 3. The maximum atomic E-state index is 13.5. The van der Waals surface area contributed by atoms with Gasteiger partial charge >= 0.3 is 0 Å². The number of nitrogens with one attached hydrogen (secondary N) is 1. The number of hydrogen-bond donors (Lipinski definition) is 1. The van der Waals surface area contributed by atoms with Gasteiger partial charge in [0.05, 0.1) is 5.69 Å². The molecule has 0 spiro atoms. The number of benzene rings is 1. The van der Waals surface area contributed by atoms with Crippen molar-refractivity contribution in [1.29, 1.82) is 0 Å². The second-order valence-electron chi connectivity index (χ2n) is 6.03. The average molecular weight is 475 g/mol. The molecule has 3 rings (SSSR count). The van der Waals surface area contributed by atoms with Gasteiger partial charge in [-0.1, -0.05) is 41.9 Å². The third-order valence-electron chi connectivity index (χ3n) is 4.20. The summed E-state index contributed by atoms with van der Waals surface area (Å²) in [6.07, 6.45) is 6.18. The Hall–Kier alpha value is -1.83. The normalized spacial score (nSPS) is 11.8. The molecule has 0 bridgehead atoms. The van der Waals surface area contributed by atoms with Crippen LogP contribution in [0, 0.1) is 0 Å². The predicted molar refractivity (Wildman–Crippen MR) is 124 cm³/mol.